The first-order valence-electron chi connectivity index (χ1n) is 10.2. The normalized spacial score (nSPS) is 15.5. The highest BCUT2D eigenvalue weighted by atomic mass is 19.4. The fourth-order valence-electron chi connectivity index (χ4n) is 3.60. The fraction of sp³-hybridized carbons (Fsp3) is 0.435. The first-order valence-corrected chi connectivity index (χ1v) is 10.2. The fourth-order valence-corrected chi connectivity index (χ4v) is 3.60. The summed E-state index contributed by atoms with van der Waals surface area (Å²) in [6, 6.07) is 11.1. The van der Waals surface area contributed by atoms with E-state index in [1.165, 1.54) is 6.07 Å². The van der Waals surface area contributed by atoms with Crippen molar-refractivity contribution in [2.75, 3.05) is 43.4 Å². The number of piperazine rings is 1. The summed E-state index contributed by atoms with van der Waals surface area (Å²) in [5.41, 5.74) is 0.889. The second-order valence-electron chi connectivity index (χ2n) is 8.27. The number of likely N-dealkylation sites (N-methyl/N-ethyl adjacent to an activating group) is 1. The van der Waals surface area contributed by atoms with Gasteiger partial charge in [0.05, 0.1) is 11.3 Å². The highest BCUT2D eigenvalue weighted by molar-refractivity contribution is 6.04. The second kappa shape index (κ2) is 9.08. The zero-order valence-electron chi connectivity index (χ0n) is 17.6. The van der Waals surface area contributed by atoms with E-state index in [-0.39, 0.29) is 5.69 Å². The minimum atomic E-state index is -4.56. The van der Waals surface area contributed by atoms with Gasteiger partial charge in [0, 0.05) is 37.4 Å². The molecule has 1 aliphatic heterocycles. The zero-order chi connectivity index (χ0) is 21.9. The van der Waals surface area contributed by atoms with E-state index >= 15 is 0 Å². The molecule has 1 fully saturated rings. The van der Waals surface area contributed by atoms with Crippen molar-refractivity contribution in [3.05, 3.63) is 59.2 Å². The Morgan fingerprint density at radius 2 is 1.67 bits per heavy atom. The number of carbonyl (C=O) groups excluding carboxylic acids is 1. The Labute approximate surface area is 175 Å². The van der Waals surface area contributed by atoms with E-state index < -0.39 is 17.6 Å². The van der Waals surface area contributed by atoms with Gasteiger partial charge in [-0.15, -0.1) is 0 Å². The number of amides is 1. The Balaban J connectivity index is 1.80. The molecule has 3 rings (SSSR count). The zero-order valence-corrected chi connectivity index (χ0v) is 17.6. The molecule has 0 aromatic heterocycles. The molecule has 0 atom stereocenters. The number of alkyl halides is 3. The molecule has 2 aromatic carbocycles. The van der Waals surface area contributed by atoms with Crippen LogP contribution in [-0.4, -0.2) is 44.0 Å². The molecule has 1 aliphatic rings. The van der Waals surface area contributed by atoms with Crippen molar-refractivity contribution in [1.82, 2.24) is 4.90 Å². The Morgan fingerprint density at radius 3 is 2.23 bits per heavy atom. The summed E-state index contributed by atoms with van der Waals surface area (Å²) < 4.78 is 41.1. The van der Waals surface area contributed by atoms with Crippen LogP contribution >= 0.6 is 0 Å². The molecule has 7 heteroatoms. The van der Waals surface area contributed by atoms with Gasteiger partial charge >= 0.3 is 6.18 Å². The third-order valence-electron chi connectivity index (χ3n) is 5.29. The van der Waals surface area contributed by atoms with Crippen LogP contribution in [0.25, 0.3) is 0 Å². The quantitative estimate of drug-likeness (QED) is 0.748. The minimum Gasteiger partial charge on any atom is -0.369 e. The molecule has 1 saturated heterocycles. The van der Waals surface area contributed by atoms with E-state index in [1.807, 2.05) is 24.1 Å². The van der Waals surface area contributed by atoms with Crippen molar-refractivity contribution in [3.63, 3.8) is 0 Å². The highest BCUT2D eigenvalue weighted by Crippen LogP contribution is 2.37. The van der Waals surface area contributed by atoms with Gasteiger partial charge in [-0.3, -0.25) is 4.79 Å². The number of hydrogen-bond donors (Lipinski definition) is 1. The molecule has 0 saturated carbocycles. The molecule has 1 N–H and O–H groups in total. The van der Waals surface area contributed by atoms with E-state index in [1.54, 1.807) is 18.2 Å². The van der Waals surface area contributed by atoms with Crippen LogP contribution in [0.1, 0.15) is 35.3 Å². The summed E-state index contributed by atoms with van der Waals surface area (Å²) in [5.74, 6) is -0.0678. The monoisotopic (exact) mass is 419 g/mol. The smallest absolute Gasteiger partial charge is 0.369 e. The van der Waals surface area contributed by atoms with Gasteiger partial charge in [0.1, 0.15) is 0 Å². The van der Waals surface area contributed by atoms with Gasteiger partial charge in [0.25, 0.3) is 5.91 Å². The lowest BCUT2D eigenvalue weighted by Gasteiger charge is -2.34. The van der Waals surface area contributed by atoms with E-state index in [0.29, 0.717) is 30.3 Å². The Bertz CT molecular complexity index is 870. The van der Waals surface area contributed by atoms with Crippen molar-refractivity contribution >= 4 is 17.3 Å². The molecular formula is C23H28F3N3O. The topological polar surface area (TPSA) is 35.6 Å². The van der Waals surface area contributed by atoms with Gasteiger partial charge in [-0.25, -0.2) is 0 Å². The van der Waals surface area contributed by atoms with Crippen molar-refractivity contribution in [3.8, 4) is 0 Å². The lowest BCUT2D eigenvalue weighted by Crippen LogP contribution is -2.44. The third-order valence-corrected chi connectivity index (χ3v) is 5.29. The molecule has 30 heavy (non-hydrogen) atoms. The van der Waals surface area contributed by atoms with Gasteiger partial charge < -0.3 is 15.1 Å². The first kappa shape index (κ1) is 22.2. The molecule has 0 aliphatic carbocycles. The minimum absolute atomic E-state index is 0.225. The number of nitrogens with one attached hydrogen (secondary N) is 1. The summed E-state index contributed by atoms with van der Waals surface area (Å²) in [5, 5.41) is 2.45. The maximum absolute atomic E-state index is 13.7. The lowest BCUT2D eigenvalue weighted by molar-refractivity contribution is -0.136. The van der Waals surface area contributed by atoms with E-state index in [0.717, 1.165) is 31.1 Å². The molecular weight excluding hydrogens is 391 g/mol. The number of nitrogens with zero attached hydrogens (tertiary/aromatic N) is 2. The maximum Gasteiger partial charge on any atom is 0.418 e. The van der Waals surface area contributed by atoms with E-state index in [9.17, 15) is 18.0 Å². The average molecular weight is 419 g/mol. The summed E-state index contributed by atoms with van der Waals surface area (Å²) in [6.45, 7) is 7.14. The number of anilines is 2. The largest absolute Gasteiger partial charge is 0.418 e. The standard InChI is InChI=1S/C23H28F3N3O/c1-16(2)14-17-4-6-18(7-5-17)22(30)27-21-9-8-19(15-20(21)23(24,25)26)29-12-10-28(3)11-13-29/h4-9,15-16H,10-14H2,1-3H3,(H,27,30). The SMILES string of the molecule is CC(C)Cc1ccc(C(=O)Nc2ccc(N3CCN(C)CC3)cc2C(F)(F)F)cc1. The second-order valence-corrected chi connectivity index (χ2v) is 8.27. The number of halogens is 3. The molecule has 0 spiro atoms. The van der Waals surface area contributed by atoms with Crippen molar-refractivity contribution in [2.24, 2.45) is 5.92 Å². The highest BCUT2D eigenvalue weighted by Gasteiger charge is 2.35. The summed E-state index contributed by atoms with van der Waals surface area (Å²) in [7, 11) is 1.99. The number of rotatable bonds is 5. The van der Waals surface area contributed by atoms with Crippen LogP contribution in [0.2, 0.25) is 0 Å². The Morgan fingerprint density at radius 1 is 1.03 bits per heavy atom. The van der Waals surface area contributed by atoms with Crippen LogP contribution in [0.3, 0.4) is 0 Å². The molecule has 2 aromatic rings. The van der Waals surface area contributed by atoms with Crippen molar-refractivity contribution in [1.29, 1.82) is 0 Å². The summed E-state index contributed by atoms with van der Waals surface area (Å²) in [6.07, 6.45) is -3.68. The summed E-state index contributed by atoms with van der Waals surface area (Å²) in [4.78, 5) is 16.6. The molecule has 4 nitrogen and oxygen atoms in total. The number of benzene rings is 2. The summed E-state index contributed by atoms with van der Waals surface area (Å²) >= 11 is 0. The average Bonchev–Trinajstić information content (AvgIpc) is 2.68. The van der Waals surface area contributed by atoms with Crippen LogP contribution in [0.5, 0.6) is 0 Å². The van der Waals surface area contributed by atoms with Gasteiger partial charge in [0.2, 0.25) is 0 Å². The predicted molar refractivity (Wildman–Crippen MR) is 114 cm³/mol. The molecule has 0 unspecified atom stereocenters. The molecule has 0 bridgehead atoms. The molecule has 0 radical (unpaired) electrons. The van der Waals surface area contributed by atoms with Crippen LogP contribution in [0, 0.1) is 5.92 Å². The van der Waals surface area contributed by atoms with Crippen molar-refractivity contribution in [2.45, 2.75) is 26.4 Å². The number of carbonyl (C=O) groups is 1. The predicted octanol–water partition coefficient (Wildman–Crippen LogP) is 4.91. The van der Waals surface area contributed by atoms with Gasteiger partial charge in [-0.1, -0.05) is 26.0 Å². The van der Waals surface area contributed by atoms with E-state index in [4.69, 9.17) is 0 Å². The van der Waals surface area contributed by atoms with Crippen LogP contribution in [0.4, 0.5) is 24.5 Å². The number of hydrogen-bond acceptors (Lipinski definition) is 3. The maximum atomic E-state index is 13.7. The van der Waals surface area contributed by atoms with Crippen molar-refractivity contribution < 1.29 is 18.0 Å². The Hall–Kier alpha value is -2.54. The molecule has 1 amide bonds. The Kier molecular flexibility index (Phi) is 6.71. The molecule has 1 heterocycles. The first-order chi connectivity index (χ1) is 14.1. The van der Waals surface area contributed by atoms with Gasteiger partial charge in [-0.05, 0) is 55.3 Å². The lowest BCUT2D eigenvalue weighted by atomic mass is 10.0. The van der Waals surface area contributed by atoms with Gasteiger partial charge in [0.15, 0.2) is 0 Å². The third kappa shape index (κ3) is 5.53. The van der Waals surface area contributed by atoms with Gasteiger partial charge in [-0.2, -0.15) is 13.2 Å². The van der Waals surface area contributed by atoms with E-state index in [2.05, 4.69) is 24.1 Å². The van der Waals surface area contributed by atoms with Crippen LogP contribution < -0.4 is 10.2 Å². The van der Waals surface area contributed by atoms with Crippen LogP contribution in [-0.2, 0) is 12.6 Å². The molecule has 162 valence electrons. The van der Waals surface area contributed by atoms with Crippen LogP contribution in [0.15, 0.2) is 42.5 Å².